The minimum atomic E-state index is 0.501. The molecule has 2 aromatic rings. The zero-order valence-corrected chi connectivity index (χ0v) is 13.1. The lowest BCUT2D eigenvalue weighted by molar-refractivity contribution is 0.571. The Labute approximate surface area is 118 Å². The van der Waals surface area contributed by atoms with Crippen LogP contribution in [-0.2, 0) is 20.0 Å². The third kappa shape index (κ3) is 2.47. The maximum absolute atomic E-state index is 3.76. The average molecular weight is 309 g/mol. The molecule has 1 N–H and O–H groups in total. The van der Waals surface area contributed by atoms with E-state index in [1.54, 1.807) is 0 Å². The van der Waals surface area contributed by atoms with Gasteiger partial charge in [0.05, 0.1) is 0 Å². The molecule has 0 aliphatic carbocycles. The first-order chi connectivity index (χ1) is 8.54. The highest BCUT2D eigenvalue weighted by molar-refractivity contribution is 9.10. The van der Waals surface area contributed by atoms with Crippen LogP contribution in [0.25, 0.3) is 10.9 Å². The van der Waals surface area contributed by atoms with Gasteiger partial charge in [0.25, 0.3) is 0 Å². The summed E-state index contributed by atoms with van der Waals surface area (Å²) in [6.45, 7) is 7.43. The molecule has 0 radical (unpaired) electrons. The van der Waals surface area contributed by atoms with Gasteiger partial charge in [0.15, 0.2) is 0 Å². The van der Waals surface area contributed by atoms with Crippen LogP contribution in [0.4, 0.5) is 0 Å². The van der Waals surface area contributed by atoms with Crippen molar-refractivity contribution in [2.75, 3.05) is 0 Å². The number of hydrogen-bond donors (Lipinski definition) is 1. The van der Waals surface area contributed by atoms with E-state index in [9.17, 15) is 0 Å². The van der Waals surface area contributed by atoms with E-state index in [1.807, 2.05) is 0 Å². The number of aromatic nitrogens is 1. The molecular weight excluding hydrogens is 288 g/mol. The fourth-order valence-electron chi connectivity index (χ4n) is 2.22. The molecule has 1 aromatic heterocycles. The lowest BCUT2D eigenvalue weighted by Crippen LogP contribution is -2.23. The molecule has 0 saturated carbocycles. The summed E-state index contributed by atoms with van der Waals surface area (Å²) in [6, 6.07) is 7.23. The fraction of sp³-hybridized carbons (Fsp3) is 0.467. The van der Waals surface area contributed by atoms with Crippen molar-refractivity contribution in [2.24, 2.45) is 7.05 Å². The molecule has 0 spiro atoms. The third-order valence-corrected chi connectivity index (χ3v) is 4.29. The molecule has 18 heavy (non-hydrogen) atoms. The van der Waals surface area contributed by atoms with E-state index < -0.39 is 0 Å². The highest BCUT2D eigenvalue weighted by atomic mass is 79.9. The lowest BCUT2D eigenvalue weighted by Gasteiger charge is -2.09. The Kier molecular flexibility index (Phi) is 4.13. The van der Waals surface area contributed by atoms with Crippen LogP contribution in [0.3, 0.4) is 0 Å². The average Bonchev–Trinajstić information content (AvgIpc) is 2.59. The van der Waals surface area contributed by atoms with Gasteiger partial charge in [0.1, 0.15) is 0 Å². The summed E-state index contributed by atoms with van der Waals surface area (Å²) in [4.78, 5) is 0. The van der Waals surface area contributed by atoms with Gasteiger partial charge in [-0.1, -0.05) is 26.8 Å². The number of rotatable bonds is 4. The van der Waals surface area contributed by atoms with Crippen LogP contribution in [-0.4, -0.2) is 10.6 Å². The van der Waals surface area contributed by atoms with Gasteiger partial charge in [-0.2, -0.15) is 0 Å². The van der Waals surface area contributed by atoms with Crippen LogP contribution in [0, 0.1) is 0 Å². The minimum absolute atomic E-state index is 0.501. The summed E-state index contributed by atoms with van der Waals surface area (Å²) in [6.07, 6.45) is 1.08. The lowest BCUT2D eigenvalue weighted by atomic mass is 10.1. The van der Waals surface area contributed by atoms with Gasteiger partial charge in [-0.3, -0.25) is 0 Å². The van der Waals surface area contributed by atoms with Gasteiger partial charge in [-0.15, -0.1) is 0 Å². The molecule has 98 valence electrons. The van der Waals surface area contributed by atoms with E-state index in [1.165, 1.54) is 26.6 Å². The van der Waals surface area contributed by atoms with Crippen LogP contribution in [0.1, 0.15) is 32.0 Å². The molecule has 0 bridgehead atoms. The third-order valence-electron chi connectivity index (χ3n) is 3.40. The van der Waals surface area contributed by atoms with Crippen molar-refractivity contribution >= 4 is 26.8 Å². The highest BCUT2D eigenvalue weighted by Gasteiger charge is 2.13. The molecular formula is C15H21BrN2. The van der Waals surface area contributed by atoms with Crippen molar-refractivity contribution in [2.45, 2.75) is 39.8 Å². The Balaban J connectivity index is 2.47. The summed E-state index contributed by atoms with van der Waals surface area (Å²) in [5.74, 6) is 0. The van der Waals surface area contributed by atoms with E-state index in [4.69, 9.17) is 0 Å². The first kappa shape index (κ1) is 13.6. The van der Waals surface area contributed by atoms with Crippen molar-refractivity contribution in [1.29, 1.82) is 0 Å². The van der Waals surface area contributed by atoms with Gasteiger partial charge in [-0.25, -0.2) is 0 Å². The van der Waals surface area contributed by atoms with Crippen LogP contribution in [0.15, 0.2) is 22.7 Å². The highest BCUT2D eigenvalue weighted by Crippen LogP contribution is 2.31. The summed E-state index contributed by atoms with van der Waals surface area (Å²) < 4.78 is 3.50. The summed E-state index contributed by atoms with van der Waals surface area (Å²) in [5, 5.41) is 4.80. The van der Waals surface area contributed by atoms with E-state index in [0.29, 0.717) is 6.04 Å². The zero-order chi connectivity index (χ0) is 13.3. The molecule has 0 saturated heterocycles. The molecule has 2 rings (SSSR count). The molecule has 1 aromatic carbocycles. The van der Waals surface area contributed by atoms with Crippen molar-refractivity contribution in [3.05, 3.63) is 33.9 Å². The number of halogens is 1. The van der Waals surface area contributed by atoms with E-state index >= 15 is 0 Å². The summed E-state index contributed by atoms with van der Waals surface area (Å²) in [5.41, 5.74) is 3.99. The van der Waals surface area contributed by atoms with Crippen LogP contribution >= 0.6 is 15.9 Å². The van der Waals surface area contributed by atoms with Crippen molar-refractivity contribution in [3.63, 3.8) is 0 Å². The first-order valence-corrected chi connectivity index (χ1v) is 7.33. The van der Waals surface area contributed by atoms with Gasteiger partial charge < -0.3 is 9.88 Å². The number of hydrogen-bond acceptors (Lipinski definition) is 1. The molecule has 0 aliphatic heterocycles. The van der Waals surface area contributed by atoms with Gasteiger partial charge in [0, 0.05) is 40.7 Å². The SMILES string of the molecule is CCc1ccc2c(c1)c(Br)c(CNC(C)C)n2C. The van der Waals surface area contributed by atoms with Crippen molar-refractivity contribution in [1.82, 2.24) is 9.88 Å². The zero-order valence-electron chi connectivity index (χ0n) is 11.5. The second kappa shape index (κ2) is 5.45. The van der Waals surface area contributed by atoms with Gasteiger partial charge in [-0.05, 0) is 40.0 Å². The van der Waals surface area contributed by atoms with Gasteiger partial charge in [0.2, 0.25) is 0 Å². The van der Waals surface area contributed by atoms with E-state index in [-0.39, 0.29) is 0 Å². The molecule has 2 nitrogen and oxygen atoms in total. The number of nitrogens with one attached hydrogen (secondary N) is 1. The maximum Gasteiger partial charge on any atom is 0.0492 e. The number of benzene rings is 1. The Morgan fingerprint density at radius 2 is 2.06 bits per heavy atom. The normalized spacial score (nSPS) is 11.7. The second-order valence-corrected chi connectivity index (χ2v) is 5.85. The molecule has 0 amide bonds. The van der Waals surface area contributed by atoms with Crippen molar-refractivity contribution in [3.8, 4) is 0 Å². The standard InChI is InChI=1S/C15H21BrN2/c1-5-11-6-7-13-12(8-11)15(16)14(18(13)4)9-17-10(2)3/h6-8,10,17H,5,9H2,1-4H3. The number of aryl methyl sites for hydroxylation is 2. The van der Waals surface area contributed by atoms with E-state index in [0.717, 1.165) is 13.0 Å². The van der Waals surface area contributed by atoms with Crippen LogP contribution < -0.4 is 5.32 Å². The largest absolute Gasteiger partial charge is 0.345 e. The van der Waals surface area contributed by atoms with Crippen molar-refractivity contribution < 1.29 is 0 Å². The maximum atomic E-state index is 3.76. The first-order valence-electron chi connectivity index (χ1n) is 6.53. The topological polar surface area (TPSA) is 17.0 Å². The van der Waals surface area contributed by atoms with Crippen LogP contribution in [0.5, 0.6) is 0 Å². The second-order valence-electron chi connectivity index (χ2n) is 5.06. The summed E-state index contributed by atoms with van der Waals surface area (Å²) in [7, 11) is 2.13. The van der Waals surface area contributed by atoms with Gasteiger partial charge >= 0.3 is 0 Å². The minimum Gasteiger partial charge on any atom is -0.345 e. The Hall–Kier alpha value is -0.800. The quantitative estimate of drug-likeness (QED) is 0.903. The smallest absolute Gasteiger partial charge is 0.0492 e. The molecule has 0 atom stereocenters. The fourth-order valence-corrected chi connectivity index (χ4v) is 2.94. The Morgan fingerprint density at radius 3 is 2.67 bits per heavy atom. The van der Waals surface area contributed by atoms with E-state index in [2.05, 4.69) is 71.8 Å². The molecule has 0 unspecified atom stereocenters. The monoisotopic (exact) mass is 308 g/mol. The predicted octanol–water partition coefficient (Wildman–Crippen LogP) is 4.00. The number of nitrogens with zero attached hydrogens (tertiary/aromatic N) is 1. The van der Waals surface area contributed by atoms with Crippen LogP contribution in [0.2, 0.25) is 0 Å². The molecule has 0 fully saturated rings. The Morgan fingerprint density at radius 1 is 1.33 bits per heavy atom. The number of fused-ring (bicyclic) bond motifs is 1. The summed E-state index contributed by atoms with van der Waals surface area (Å²) >= 11 is 3.76. The predicted molar refractivity (Wildman–Crippen MR) is 82.0 cm³/mol. The molecule has 3 heteroatoms. The molecule has 1 heterocycles. The Bertz CT molecular complexity index is 555. The molecule has 0 aliphatic rings.